The zero-order valence-corrected chi connectivity index (χ0v) is 19.0. The van der Waals surface area contributed by atoms with Gasteiger partial charge in [0.15, 0.2) is 15.7 Å². The Hall–Kier alpha value is -2.85. The molecule has 3 heterocycles. The molecule has 1 aliphatic rings. The first kappa shape index (κ1) is 22.3. The minimum atomic E-state index is -3.35. The van der Waals surface area contributed by atoms with E-state index in [-0.39, 0.29) is 28.6 Å². The lowest BCUT2D eigenvalue weighted by Gasteiger charge is -2.25. The van der Waals surface area contributed by atoms with E-state index in [9.17, 15) is 12.8 Å². The quantitative estimate of drug-likeness (QED) is 0.568. The summed E-state index contributed by atoms with van der Waals surface area (Å²) in [6.07, 6.45) is 4.55. The van der Waals surface area contributed by atoms with E-state index in [2.05, 4.69) is 25.3 Å². The summed E-state index contributed by atoms with van der Waals surface area (Å²) in [4.78, 5) is 16.2. The van der Waals surface area contributed by atoms with Gasteiger partial charge >= 0.3 is 0 Å². The van der Waals surface area contributed by atoms with Crippen LogP contribution in [0.15, 0.2) is 41.6 Å². The number of aromatic nitrogens is 4. The number of halogens is 1. The van der Waals surface area contributed by atoms with Crippen molar-refractivity contribution in [1.29, 1.82) is 0 Å². The summed E-state index contributed by atoms with van der Waals surface area (Å²) in [6, 6.07) is 6.31. The van der Waals surface area contributed by atoms with Crippen LogP contribution >= 0.6 is 0 Å². The summed E-state index contributed by atoms with van der Waals surface area (Å²) >= 11 is 0. The molecule has 0 bridgehead atoms. The predicted molar refractivity (Wildman–Crippen MR) is 119 cm³/mol. The van der Waals surface area contributed by atoms with Gasteiger partial charge in [-0.3, -0.25) is 0 Å². The number of rotatable bonds is 6. The Morgan fingerprint density at radius 3 is 2.62 bits per heavy atom. The topological polar surface area (TPSA) is 110 Å². The van der Waals surface area contributed by atoms with Crippen LogP contribution in [0.2, 0.25) is 0 Å². The van der Waals surface area contributed by atoms with E-state index >= 15 is 0 Å². The van der Waals surface area contributed by atoms with Gasteiger partial charge in [0.25, 0.3) is 0 Å². The zero-order valence-electron chi connectivity index (χ0n) is 18.2. The number of benzene rings is 1. The van der Waals surface area contributed by atoms with E-state index in [4.69, 9.17) is 4.74 Å². The number of nitrogens with zero attached hydrogens (tertiary/aromatic N) is 3. The van der Waals surface area contributed by atoms with Crippen LogP contribution in [0.3, 0.4) is 0 Å². The van der Waals surface area contributed by atoms with Crippen molar-refractivity contribution in [1.82, 2.24) is 19.9 Å². The van der Waals surface area contributed by atoms with Crippen molar-refractivity contribution in [3.05, 3.63) is 48.3 Å². The fourth-order valence-corrected chi connectivity index (χ4v) is 4.72. The van der Waals surface area contributed by atoms with E-state index < -0.39 is 20.9 Å². The molecule has 32 heavy (non-hydrogen) atoms. The Labute approximate surface area is 186 Å². The van der Waals surface area contributed by atoms with Crippen LogP contribution in [-0.4, -0.2) is 46.3 Å². The van der Waals surface area contributed by atoms with Gasteiger partial charge in [0.2, 0.25) is 5.95 Å². The lowest BCUT2D eigenvalue weighted by molar-refractivity contribution is 0.0174. The highest BCUT2D eigenvalue weighted by molar-refractivity contribution is 7.92. The second-order valence-corrected chi connectivity index (χ2v) is 10.7. The second-order valence-electron chi connectivity index (χ2n) is 8.22. The number of ether oxygens (including phenoxy) is 1. The maximum atomic E-state index is 14.5. The molecule has 0 aliphatic carbocycles. The van der Waals surface area contributed by atoms with Gasteiger partial charge in [0.05, 0.1) is 34.3 Å². The van der Waals surface area contributed by atoms with Crippen molar-refractivity contribution in [3.63, 3.8) is 0 Å². The van der Waals surface area contributed by atoms with Gasteiger partial charge < -0.3 is 15.0 Å². The summed E-state index contributed by atoms with van der Waals surface area (Å²) in [5, 5.41) is 2.48. The molecule has 1 fully saturated rings. The fraction of sp³-hybridized carbons (Fsp3) is 0.409. The normalized spacial score (nSPS) is 19.3. The Kier molecular flexibility index (Phi) is 6.25. The van der Waals surface area contributed by atoms with Crippen molar-refractivity contribution in [2.75, 3.05) is 11.9 Å². The maximum absolute atomic E-state index is 14.5. The van der Waals surface area contributed by atoms with Crippen LogP contribution < -0.4 is 5.32 Å². The van der Waals surface area contributed by atoms with Crippen molar-refractivity contribution in [2.24, 2.45) is 0 Å². The third-order valence-electron chi connectivity index (χ3n) is 5.53. The van der Waals surface area contributed by atoms with Crippen molar-refractivity contribution in [2.45, 2.75) is 55.8 Å². The molecule has 2 atom stereocenters. The molecule has 1 aromatic carbocycles. The van der Waals surface area contributed by atoms with Crippen molar-refractivity contribution < 1.29 is 17.5 Å². The van der Waals surface area contributed by atoms with E-state index in [1.807, 2.05) is 6.92 Å². The second kappa shape index (κ2) is 8.95. The highest BCUT2D eigenvalue weighted by atomic mass is 32.2. The Bertz CT molecular complexity index is 1190. The van der Waals surface area contributed by atoms with Crippen molar-refractivity contribution in [3.8, 4) is 11.4 Å². The molecule has 170 valence electrons. The Morgan fingerprint density at radius 1 is 1.19 bits per heavy atom. The Morgan fingerprint density at radius 2 is 1.94 bits per heavy atom. The molecular weight excluding hydrogens is 433 g/mol. The Balaban J connectivity index is 1.54. The van der Waals surface area contributed by atoms with E-state index in [0.717, 1.165) is 24.9 Å². The number of hydrogen-bond acceptors (Lipinski definition) is 7. The first-order chi connectivity index (χ1) is 15.2. The number of nitrogens with one attached hydrogen (secondary N) is 2. The third kappa shape index (κ3) is 4.66. The van der Waals surface area contributed by atoms with E-state index in [1.165, 1.54) is 12.1 Å². The lowest BCUT2D eigenvalue weighted by Crippen LogP contribution is -2.22. The van der Waals surface area contributed by atoms with Gasteiger partial charge in [-0.05, 0) is 57.9 Å². The summed E-state index contributed by atoms with van der Waals surface area (Å²) in [5.74, 6) is 0.654. The van der Waals surface area contributed by atoms with E-state index in [0.29, 0.717) is 18.0 Å². The van der Waals surface area contributed by atoms with Crippen LogP contribution in [0.5, 0.6) is 0 Å². The van der Waals surface area contributed by atoms with Crippen LogP contribution in [-0.2, 0) is 14.6 Å². The number of aromatic amines is 1. The molecule has 1 saturated heterocycles. The van der Waals surface area contributed by atoms with Crippen molar-refractivity contribution >= 4 is 21.5 Å². The zero-order chi connectivity index (χ0) is 22.9. The molecule has 8 nitrogen and oxygen atoms in total. The molecule has 0 radical (unpaired) electrons. The number of sulfone groups is 1. The SMILES string of the molecule is CC1CC(c2ncc(-c3nc(Nc4ccc(S(=O)(=O)C(C)C)cc4)ncc3F)[nH]2)CCO1. The molecule has 10 heteroatoms. The summed E-state index contributed by atoms with van der Waals surface area (Å²) in [5.41, 5.74) is 1.17. The molecule has 2 aromatic heterocycles. The largest absolute Gasteiger partial charge is 0.378 e. The minimum Gasteiger partial charge on any atom is -0.378 e. The average molecular weight is 460 g/mol. The highest BCUT2D eigenvalue weighted by Gasteiger charge is 2.24. The monoisotopic (exact) mass is 459 g/mol. The van der Waals surface area contributed by atoms with E-state index in [1.54, 1.807) is 32.2 Å². The van der Waals surface area contributed by atoms with Gasteiger partial charge in [0, 0.05) is 18.2 Å². The number of hydrogen-bond donors (Lipinski definition) is 2. The highest BCUT2D eigenvalue weighted by Crippen LogP contribution is 2.30. The lowest BCUT2D eigenvalue weighted by atomic mass is 9.96. The van der Waals surface area contributed by atoms with Gasteiger partial charge in [-0.2, -0.15) is 0 Å². The standard InChI is InChI=1S/C22H26FN5O3S/c1-13(2)32(29,30)17-6-4-16(5-7-17)26-22-25-11-18(23)20(28-22)19-12-24-21(27-19)15-8-9-31-14(3)10-15/h4-7,11-15H,8-10H2,1-3H3,(H,24,27)(H,25,26,28). The van der Waals surface area contributed by atoms with Crippen LogP contribution in [0.25, 0.3) is 11.4 Å². The molecule has 3 aromatic rings. The smallest absolute Gasteiger partial charge is 0.227 e. The summed E-state index contributed by atoms with van der Waals surface area (Å²) in [7, 11) is -3.35. The summed E-state index contributed by atoms with van der Waals surface area (Å²) in [6.45, 7) is 5.98. The molecule has 1 aliphatic heterocycles. The number of imidazole rings is 1. The number of anilines is 2. The summed E-state index contributed by atoms with van der Waals surface area (Å²) < 4.78 is 44.6. The van der Waals surface area contributed by atoms with Gasteiger partial charge in [-0.15, -0.1) is 0 Å². The predicted octanol–water partition coefficient (Wildman–Crippen LogP) is 4.21. The minimum absolute atomic E-state index is 0.111. The van der Waals surface area contributed by atoms with Crippen LogP contribution in [0.1, 0.15) is 45.4 Å². The van der Waals surface area contributed by atoms with Gasteiger partial charge in [0.1, 0.15) is 11.5 Å². The van der Waals surface area contributed by atoms with Crippen LogP contribution in [0, 0.1) is 5.82 Å². The third-order valence-corrected chi connectivity index (χ3v) is 7.70. The molecule has 0 amide bonds. The molecule has 2 N–H and O–H groups in total. The molecular formula is C22H26FN5O3S. The average Bonchev–Trinajstić information content (AvgIpc) is 3.25. The maximum Gasteiger partial charge on any atom is 0.227 e. The first-order valence-electron chi connectivity index (χ1n) is 10.5. The van der Waals surface area contributed by atoms with Gasteiger partial charge in [-0.25, -0.2) is 27.8 Å². The fourth-order valence-electron chi connectivity index (χ4n) is 3.66. The van der Waals surface area contributed by atoms with Gasteiger partial charge in [-0.1, -0.05) is 0 Å². The van der Waals surface area contributed by atoms with Crippen LogP contribution in [0.4, 0.5) is 16.0 Å². The molecule has 4 rings (SSSR count). The number of H-pyrrole nitrogens is 1. The molecule has 2 unspecified atom stereocenters. The molecule has 0 saturated carbocycles. The molecule has 0 spiro atoms. The first-order valence-corrected chi connectivity index (χ1v) is 12.1.